The van der Waals surface area contributed by atoms with Crippen LogP contribution in [0.4, 0.5) is 5.69 Å². The molecule has 0 aromatic heterocycles. The molecule has 1 aromatic rings. The highest BCUT2D eigenvalue weighted by atomic mass is 32.2. The quantitative estimate of drug-likeness (QED) is 0.862. The molecule has 1 aromatic carbocycles. The smallest absolute Gasteiger partial charge is 0.338 e. The Labute approximate surface area is 116 Å². The number of carbonyl (C=O) groups is 1. The minimum absolute atomic E-state index is 0.314. The third-order valence-electron chi connectivity index (χ3n) is 3.49. The van der Waals surface area contributed by atoms with E-state index >= 15 is 0 Å². The van der Waals surface area contributed by atoms with Crippen LogP contribution >= 0.6 is 0 Å². The summed E-state index contributed by atoms with van der Waals surface area (Å²) in [5.41, 5.74) is 2.45. The Hall–Kier alpha value is -1.36. The van der Waals surface area contributed by atoms with Gasteiger partial charge in [0.2, 0.25) is 0 Å². The van der Waals surface area contributed by atoms with E-state index in [1.165, 1.54) is 7.11 Å². The predicted molar refractivity (Wildman–Crippen MR) is 77.0 cm³/mol. The first-order chi connectivity index (χ1) is 9.11. The monoisotopic (exact) mass is 281 g/mol. The number of rotatable bonds is 3. The molecule has 0 amide bonds. The normalized spacial score (nSPS) is 22.8. The van der Waals surface area contributed by atoms with Crippen LogP contribution in [-0.4, -0.2) is 34.8 Å². The van der Waals surface area contributed by atoms with Crippen molar-refractivity contribution in [2.45, 2.75) is 25.8 Å². The molecular formula is C14H19NO3S. The van der Waals surface area contributed by atoms with Gasteiger partial charge in [0.1, 0.15) is 0 Å². The van der Waals surface area contributed by atoms with Gasteiger partial charge in [-0.25, -0.2) is 4.79 Å². The third kappa shape index (κ3) is 3.35. The van der Waals surface area contributed by atoms with Gasteiger partial charge in [-0.3, -0.25) is 4.21 Å². The molecule has 19 heavy (non-hydrogen) atoms. The van der Waals surface area contributed by atoms with E-state index in [0.29, 0.717) is 11.6 Å². The van der Waals surface area contributed by atoms with Crippen molar-refractivity contribution >= 4 is 22.5 Å². The second kappa shape index (κ2) is 6.19. The Morgan fingerprint density at radius 1 is 1.37 bits per heavy atom. The molecular weight excluding hydrogens is 262 g/mol. The van der Waals surface area contributed by atoms with Crippen LogP contribution in [0.15, 0.2) is 18.2 Å². The van der Waals surface area contributed by atoms with Crippen molar-refractivity contribution in [3.05, 3.63) is 29.3 Å². The van der Waals surface area contributed by atoms with Gasteiger partial charge in [-0.05, 0) is 37.5 Å². The summed E-state index contributed by atoms with van der Waals surface area (Å²) < 4.78 is 16.1. The highest BCUT2D eigenvalue weighted by Crippen LogP contribution is 2.23. The summed E-state index contributed by atoms with van der Waals surface area (Å²) in [6.07, 6.45) is 1.82. The van der Waals surface area contributed by atoms with Gasteiger partial charge in [-0.2, -0.15) is 0 Å². The molecule has 0 spiro atoms. The highest BCUT2D eigenvalue weighted by molar-refractivity contribution is 7.85. The van der Waals surface area contributed by atoms with Crippen LogP contribution in [0.25, 0.3) is 0 Å². The minimum Gasteiger partial charge on any atom is -0.465 e. The van der Waals surface area contributed by atoms with Gasteiger partial charge in [-0.15, -0.1) is 0 Å². The van der Waals surface area contributed by atoms with Crippen LogP contribution in [0, 0.1) is 6.92 Å². The molecule has 5 heteroatoms. The number of nitrogens with one attached hydrogen (secondary N) is 1. The molecule has 1 N–H and O–H groups in total. The number of hydrogen-bond acceptors (Lipinski definition) is 4. The van der Waals surface area contributed by atoms with Gasteiger partial charge >= 0.3 is 5.97 Å². The van der Waals surface area contributed by atoms with Crippen molar-refractivity contribution in [2.75, 3.05) is 23.9 Å². The summed E-state index contributed by atoms with van der Waals surface area (Å²) in [5.74, 6) is 1.20. The number of hydrogen-bond donors (Lipinski definition) is 1. The lowest BCUT2D eigenvalue weighted by Crippen LogP contribution is -2.29. The lowest BCUT2D eigenvalue weighted by Gasteiger charge is -2.25. The van der Waals surface area contributed by atoms with Crippen molar-refractivity contribution in [3.63, 3.8) is 0 Å². The van der Waals surface area contributed by atoms with Crippen molar-refractivity contribution in [3.8, 4) is 0 Å². The van der Waals surface area contributed by atoms with E-state index in [9.17, 15) is 9.00 Å². The van der Waals surface area contributed by atoms with Gasteiger partial charge in [0, 0.05) is 34.0 Å². The molecule has 0 unspecified atom stereocenters. The van der Waals surface area contributed by atoms with E-state index in [1.807, 2.05) is 19.1 Å². The molecule has 2 rings (SSSR count). The Bertz CT molecular complexity index is 491. The standard InChI is InChI=1S/C14H19NO3S/c1-10-12(14(16)18-2)4-3-5-13(10)15-11-6-8-19(17)9-7-11/h3-5,11,15H,6-9H2,1-2H3. The zero-order valence-corrected chi connectivity index (χ0v) is 12.1. The van der Waals surface area contributed by atoms with E-state index in [1.54, 1.807) is 6.07 Å². The lowest BCUT2D eigenvalue weighted by atomic mass is 10.0. The van der Waals surface area contributed by atoms with Crippen LogP contribution in [0.3, 0.4) is 0 Å². The topological polar surface area (TPSA) is 55.4 Å². The van der Waals surface area contributed by atoms with Gasteiger partial charge in [-0.1, -0.05) is 6.07 Å². The zero-order valence-electron chi connectivity index (χ0n) is 11.3. The molecule has 0 atom stereocenters. The Morgan fingerprint density at radius 3 is 2.68 bits per heavy atom. The maximum Gasteiger partial charge on any atom is 0.338 e. The van der Waals surface area contributed by atoms with E-state index in [4.69, 9.17) is 4.74 Å². The van der Waals surface area contributed by atoms with Crippen LogP contribution < -0.4 is 5.32 Å². The molecule has 0 radical (unpaired) electrons. The molecule has 0 saturated carbocycles. The summed E-state index contributed by atoms with van der Waals surface area (Å²) in [4.78, 5) is 11.6. The fourth-order valence-corrected chi connectivity index (χ4v) is 3.58. The SMILES string of the molecule is COC(=O)c1cccc(NC2CCS(=O)CC2)c1C. The number of methoxy groups -OCH3 is 1. The molecule has 0 aliphatic carbocycles. The number of benzene rings is 1. The molecule has 1 heterocycles. The summed E-state index contributed by atoms with van der Waals surface area (Å²) in [5, 5.41) is 3.45. The average Bonchev–Trinajstić information content (AvgIpc) is 2.43. The third-order valence-corrected chi connectivity index (χ3v) is 4.87. The summed E-state index contributed by atoms with van der Waals surface area (Å²) in [6.45, 7) is 1.91. The summed E-state index contributed by atoms with van der Waals surface area (Å²) in [7, 11) is 0.736. The van der Waals surface area contributed by atoms with E-state index < -0.39 is 10.8 Å². The molecule has 1 aliphatic rings. The fraction of sp³-hybridized carbons (Fsp3) is 0.500. The van der Waals surface area contributed by atoms with E-state index in [-0.39, 0.29) is 5.97 Å². The van der Waals surface area contributed by atoms with Crippen molar-refractivity contribution < 1.29 is 13.7 Å². The molecule has 104 valence electrons. The van der Waals surface area contributed by atoms with Gasteiger partial charge in [0.25, 0.3) is 0 Å². The Kier molecular flexibility index (Phi) is 4.58. The second-order valence-corrected chi connectivity index (χ2v) is 6.43. The summed E-state index contributed by atoms with van der Waals surface area (Å²) >= 11 is 0. The molecule has 1 fully saturated rings. The first-order valence-corrected chi connectivity index (χ1v) is 7.90. The number of anilines is 1. The van der Waals surface area contributed by atoms with Crippen LogP contribution in [0.5, 0.6) is 0 Å². The number of ether oxygens (including phenoxy) is 1. The number of esters is 1. The van der Waals surface area contributed by atoms with E-state index in [2.05, 4.69) is 5.32 Å². The van der Waals surface area contributed by atoms with E-state index in [0.717, 1.165) is 35.6 Å². The second-order valence-electron chi connectivity index (χ2n) is 4.74. The molecule has 0 bridgehead atoms. The molecule has 1 aliphatic heterocycles. The molecule has 1 saturated heterocycles. The van der Waals surface area contributed by atoms with Crippen molar-refractivity contribution in [2.24, 2.45) is 0 Å². The van der Waals surface area contributed by atoms with Crippen molar-refractivity contribution in [1.82, 2.24) is 0 Å². The first-order valence-electron chi connectivity index (χ1n) is 6.41. The highest BCUT2D eigenvalue weighted by Gasteiger charge is 2.19. The maximum atomic E-state index is 11.6. The predicted octanol–water partition coefficient (Wildman–Crippen LogP) is 2.10. The van der Waals surface area contributed by atoms with Crippen LogP contribution in [0.1, 0.15) is 28.8 Å². The lowest BCUT2D eigenvalue weighted by molar-refractivity contribution is 0.0600. The Balaban J connectivity index is 2.12. The molecule has 4 nitrogen and oxygen atoms in total. The van der Waals surface area contributed by atoms with Gasteiger partial charge < -0.3 is 10.1 Å². The minimum atomic E-state index is -0.652. The van der Waals surface area contributed by atoms with Crippen LogP contribution in [0.2, 0.25) is 0 Å². The van der Waals surface area contributed by atoms with Crippen molar-refractivity contribution in [1.29, 1.82) is 0 Å². The Morgan fingerprint density at radius 2 is 2.05 bits per heavy atom. The zero-order chi connectivity index (χ0) is 13.8. The summed E-state index contributed by atoms with van der Waals surface area (Å²) in [6, 6.07) is 5.92. The fourth-order valence-electron chi connectivity index (χ4n) is 2.28. The average molecular weight is 281 g/mol. The number of carbonyl (C=O) groups excluding carboxylic acids is 1. The van der Waals surface area contributed by atoms with Gasteiger partial charge in [0.05, 0.1) is 12.7 Å². The maximum absolute atomic E-state index is 11.6. The van der Waals surface area contributed by atoms with Crippen LogP contribution in [-0.2, 0) is 15.5 Å². The first kappa shape index (κ1) is 14.1. The van der Waals surface area contributed by atoms with Gasteiger partial charge in [0.15, 0.2) is 0 Å². The largest absolute Gasteiger partial charge is 0.465 e.